The Bertz CT molecular complexity index is 389. The van der Waals surface area contributed by atoms with Crippen LogP contribution in [-0.2, 0) is 6.42 Å². The summed E-state index contributed by atoms with van der Waals surface area (Å²) in [5.74, 6) is -0.120. The first-order chi connectivity index (χ1) is 8.76. The molecule has 100 valence electrons. The Labute approximate surface area is 113 Å². The van der Waals surface area contributed by atoms with Gasteiger partial charge >= 0.3 is 0 Å². The van der Waals surface area contributed by atoms with Gasteiger partial charge < -0.3 is 10.6 Å². The molecule has 0 radical (unpaired) electrons. The number of hydrogen-bond acceptors (Lipinski definition) is 3. The fraction of sp³-hybridized carbons (Fsp3) is 0.571. The second kappa shape index (κ2) is 6.43. The van der Waals surface area contributed by atoms with Gasteiger partial charge in [0.15, 0.2) is 0 Å². The lowest BCUT2D eigenvalue weighted by atomic mass is 10.0. The maximum Gasteiger partial charge on any atom is 0.128 e. The number of anilines is 1. The monoisotopic (exact) mass is 268 g/mol. The van der Waals surface area contributed by atoms with Crippen LogP contribution in [0.25, 0.3) is 0 Å². The van der Waals surface area contributed by atoms with Crippen molar-refractivity contribution in [1.82, 2.24) is 0 Å². The first kappa shape index (κ1) is 13.7. The fourth-order valence-corrected chi connectivity index (χ4v) is 3.25. The highest BCUT2D eigenvalue weighted by molar-refractivity contribution is 7.99. The Hall–Kier alpha value is -0.740. The van der Waals surface area contributed by atoms with E-state index in [9.17, 15) is 4.39 Å². The van der Waals surface area contributed by atoms with E-state index in [-0.39, 0.29) is 5.82 Å². The fourth-order valence-electron chi connectivity index (χ4n) is 2.57. The standard InChI is InChI=1S/C14H21FN2S/c1-18-11-6-9-17(10-7-11)14-4-2-3-13(15)12(14)5-8-16/h2-4,11H,5-10,16H2,1H3. The summed E-state index contributed by atoms with van der Waals surface area (Å²) in [6, 6.07) is 5.35. The van der Waals surface area contributed by atoms with Gasteiger partial charge in [0.05, 0.1) is 0 Å². The van der Waals surface area contributed by atoms with Crippen LogP contribution in [0.1, 0.15) is 18.4 Å². The van der Waals surface area contributed by atoms with Gasteiger partial charge in [-0.25, -0.2) is 4.39 Å². The van der Waals surface area contributed by atoms with E-state index in [2.05, 4.69) is 11.2 Å². The van der Waals surface area contributed by atoms with Crippen LogP contribution in [0.3, 0.4) is 0 Å². The number of benzene rings is 1. The Morgan fingerprint density at radius 2 is 2.11 bits per heavy atom. The second-order valence-corrected chi connectivity index (χ2v) is 5.84. The number of hydrogen-bond donors (Lipinski definition) is 1. The lowest BCUT2D eigenvalue weighted by Gasteiger charge is -2.34. The summed E-state index contributed by atoms with van der Waals surface area (Å²) in [5.41, 5.74) is 7.40. The molecule has 2 N–H and O–H groups in total. The molecule has 1 saturated heterocycles. The zero-order chi connectivity index (χ0) is 13.0. The molecule has 1 aromatic carbocycles. The Kier molecular flexibility index (Phi) is 4.89. The predicted octanol–water partition coefficient (Wildman–Crippen LogP) is 2.66. The minimum Gasteiger partial charge on any atom is -0.371 e. The highest BCUT2D eigenvalue weighted by Gasteiger charge is 2.21. The molecule has 2 nitrogen and oxygen atoms in total. The van der Waals surface area contributed by atoms with E-state index in [1.54, 1.807) is 6.07 Å². The molecule has 0 bridgehead atoms. The van der Waals surface area contributed by atoms with Gasteiger partial charge in [0, 0.05) is 29.6 Å². The topological polar surface area (TPSA) is 29.3 Å². The number of halogens is 1. The second-order valence-electron chi connectivity index (χ2n) is 4.70. The average Bonchev–Trinajstić information content (AvgIpc) is 2.41. The average molecular weight is 268 g/mol. The molecule has 0 aromatic heterocycles. The van der Waals surface area contributed by atoms with Crippen molar-refractivity contribution in [1.29, 1.82) is 0 Å². The van der Waals surface area contributed by atoms with Crippen molar-refractivity contribution in [2.75, 3.05) is 30.8 Å². The van der Waals surface area contributed by atoms with Gasteiger partial charge in [0.2, 0.25) is 0 Å². The van der Waals surface area contributed by atoms with Crippen LogP contribution >= 0.6 is 11.8 Å². The molecule has 2 rings (SSSR count). The largest absolute Gasteiger partial charge is 0.371 e. The first-order valence-corrected chi connectivity index (χ1v) is 7.80. The quantitative estimate of drug-likeness (QED) is 0.910. The van der Waals surface area contributed by atoms with Crippen LogP contribution < -0.4 is 10.6 Å². The number of nitrogens with two attached hydrogens (primary N) is 1. The van der Waals surface area contributed by atoms with Gasteiger partial charge in [-0.05, 0) is 44.2 Å². The smallest absolute Gasteiger partial charge is 0.128 e. The van der Waals surface area contributed by atoms with Crippen molar-refractivity contribution < 1.29 is 4.39 Å². The maximum atomic E-state index is 13.8. The lowest BCUT2D eigenvalue weighted by Crippen LogP contribution is -2.35. The third-order valence-corrected chi connectivity index (χ3v) is 4.74. The molecule has 0 spiro atoms. The molecular formula is C14H21FN2S. The van der Waals surface area contributed by atoms with Gasteiger partial charge in [-0.15, -0.1) is 0 Å². The summed E-state index contributed by atoms with van der Waals surface area (Å²) in [6.07, 6.45) is 5.15. The molecule has 4 heteroatoms. The molecule has 0 aliphatic carbocycles. The number of thioether (sulfide) groups is 1. The van der Waals surface area contributed by atoms with Crippen molar-refractivity contribution in [3.63, 3.8) is 0 Å². The van der Waals surface area contributed by atoms with Crippen molar-refractivity contribution >= 4 is 17.4 Å². The number of piperidine rings is 1. The lowest BCUT2D eigenvalue weighted by molar-refractivity contribution is 0.578. The zero-order valence-electron chi connectivity index (χ0n) is 10.9. The third kappa shape index (κ3) is 2.98. The first-order valence-electron chi connectivity index (χ1n) is 6.51. The van der Waals surface area contributed by atoms with E-state index < -0.39 is 0 Å². The van der Waals surface area contributed by atoms with Crippen LogP contribution in [0.15, 0.2) is 18.2 Å². The van der Waals surface area contributed by atoms with Crippen LogP contribution in [0, 0.1) is 5.82 Å². The Morgan fingerprint density at radius 3 is 2.72 bits per heavy atom. The van der Waals surface area contributed by atoms with Crippen molar-refractivity contribution in [2.24, 2.45) is 5.73 Å². The molecule has 18 heavy (non-hydrogen) atoms. The van der Waals surface area contributed by atoms with Gasteiger partial charge in [-0.3, -0.25) is 0 Å². The molecule has 0 saturated carbocycles. The minimum atomic E-state index is -0.120. The van der Waals surface area contributed by atoms with Gasteiger partial charge in [0.25, 0.3) is 0 Å². The zero-order valence-corrected chi connectivity index (χ0v) is 11.7. The summed E-state index contributed by atoms with van der Waals surface area (Å²) in [7, 11) is 0. The van der Waals surface area contributed by atoms with Gasteiger partial charge in [-0.2, -0.15) is 11.8 Å². The third-order valence-electron chi connectivity index (χ3n) is 3.60. The van der Waals surface area contributed by atoms with E-state index >= 15 is 0 Å². The number of nitrogens with zero attached hydrogens (tertiary/aromatic N) is 1. The summed E-state index contributed by atoms with van der Waals surface area (Å²) >= 11 is 1.94. The highest BCUT2D eigenvalue weighted by Crippen LogP contribution is 2.29. The Morgan fingerprint density at radius 1 is 1.39 bits per heavy atom. The van der Waals surface area contributed by atoms with Crippen molar-refractivity contribution in [2.45, 2.75) is 24.5 Å². The van der Waals surface area contributed by atoms with E-state index in [4.69, 9.17) is 5.73 Å². The van der Waals surface area contributed by atoms with Crippen LogP contribution in [0.2, 0.25) is 0 Å². The SMILES string of the molecule is CSC1CCN(c2cccc(F)c2CCN)CC1. The van der Waals surface area contributed by atoms with Gasteiger partial charge in [0.1, 0.15) is 5.82 Å². The van der Waals surface area contributed by atoms with Crippen molar-refractivity contribution in [3.8, 4) is 0 Å². The van der Waals surface area contributed by atoms with E-state index in [1.165, 1.54) is 18.9 Å². The van der Waals surface area contributed by atoms with Crippen LogP contribution in [0.4, 0.5) is 10.1 Å². The molecule has 1 aromatic rings. The van der Waals surface area contributed by atoms with Crippen LogP contribution in [-0.4, -0.2) is 31.1 Å². The molecule has 0 atom stereocenters. The normalized spacial score (nSPS) is 17.2. The van der Waals surface area contributed by atoms with E-state index in [1.807, 2.05) is 17.8 Å². The summed E-state index contributed by atoms with van der Waals surface area (Å²) in [6.45, 7) is 2.54. The van der Waals surface area contributed by atoms with E-state index in [0.29, 0.717) is 13.0 Å². The summed E-state index contributed by atoms with van der Waals surface area (Å²) < 4.78 is 13.8. The minimum absolute atomic E-state index is 0.120. The van der Waals surface area contributed by atoms with Gasteiger partial charge in [-0.1, -0.05) is 6.07 Å². The molecule has 1 fully saturated rings. The predicted molar refractivity (Wildman–Crippen MR) is 77.9 cm³/mol. The summed E-state index contributed by atoms with van der Waals surface area (Å²) in [5, 5.41) is 0.757. The molecular weight excluding hydrogens is 247 g/mol. The summed E-state index contributed by atoms with van der Waals surface area (Å²) in [4.78, 5) is 2.31. The Balaban J connectivity index is 2.15. The molecule has 1 aliphatic rings. The van der Waals surface area contributed by atoms with Crippen molar-refractivity contribution in [3.05, 3.63) is 29.6 Å². The molecule has 0 amide bonds. The molecule has 1 heterocycles. The molecule has 1 aliphatic heterocycles. The number of rotatable bonds is 4. The molecule has 0 unspecified atom stereocenters. The van der Waals surface area contributed by atoms with E-state index in [0.717, 1.165) is 29.6 Å². The van der Waals surface area contributed by atoms with Crippen LogP contribution in [0.5, 0.6) is 0 Å². The highest BCUT2D eigenvalue weighted by atomic mass is 32.2. The maximum absolute atomic E-state index is 13.8.